The maximum absolute atomic E-state index is 2.49. The summed E-state index contributed by atoms with van der Waals surface area (Å²) in [6.45, 7) is 0. The normalized spacial score (nSPS) is 11.9. The topological polar surface area (TPSA) is 9.86 Å². The standard InChI is InChI=1S/C54H34N2/c1-2-15-35(16-3-1)36-17-14-18-38(33-36)55-50-27-12-9-24-45(50)46-31-32-52-53(54(46)55)47-25-10-13-28-51(47)56(52)49-26-11-8-19-39(49)37-29-30-44-42-22-5-4-20-40(42)41-21-6-7-23-43(41)48(44)34-37/h1-34H. The van der Waals surface area contributed by atoms with Gasteiger partial charge in [-0.1, -0.05) is 164 Å². The number of hydrogen-bond acceptors (Lipinski definition) is 0. The first-order chi connectivity index (χ1) is 27.8. The summed E-state index contributed by atoms with van der Waals surface area (Å²) in [4.78, 5) is 0. The third-order valence-corrected chi connectivity index (χ3v) is 11.9. The number of para-hydroxylation sites is 3. The zero-order chi connectivity index (χ0) is 36.7. The van der Waals surface area contributed by atoms with E-state index in [1.807, 2.05) is 0 Å². The zero-order valence-electron chi connectivity index (χ0n) is 30.5. The summed E-state index contributed by atoms with van der Waals surface area (Å²) >= 11 is 0. The van der Waals surface area contributed by atoms with Crippen LogP contribution in [0.15, 0.2) is 206 Å². The summed E-state index contributed by atoms with van der Waals surface area (Å²) in [7, 11) is 0. The van der Waals surface area contributed by atoms with Crippen LogP contribution in [0, 0.1) is 0 Å². The lowest BCUT2D eigenvalue weighted by Gasteiger charge is -2.16. The highest BCUT2D eigenvalue weighted by Crippen LogP contribution is 2.44. The van der Waals surface area contributed by atoms with Gasteiger partial charge in [-0.05, 0) is 91.5 Å². The number of fused-ring (bicyclic) bond motifs is 13. The third kappa shape index (κ3) is 4.44. The van der Waals surface area contributed by atoms with Gasteiger partial charge in [-0.25, -0.2) is 0 Å². The van der Waals surface area contributed by atoms with Gasteiger partial charge in [0, 0.05) is 32.8 Å². The first-order valence-corrected chi connectivity index (χ1v) is 19.4. The van der Waals surface area contributed by atoms with E-state index in [1.54, 1.807) is 0 Å². The van der Waals surface area contributed by atoms with E-state index >= 15 is 0 Å². The molecule has 56 heavy (non-hydrogen) atoms. The minimum atomic E-state index is 1.15. The van der Waals surface area contributed by atoms with Crippen molar-refractivity contribution in [2.24, 2.45) is 0 Å². The lowest BCUT2D eigenvalue weighted by molar-refractivity contribution is 1.17. The molecule has 0 radical (unpaired) electrons. The van der Waals surface area contributed by atoms with Crippen LogP contribution in [0.25, 0.3) is 110 Å². The lowest BCUT2D eigenvalue weighted by atomic mass is 9.92. The highest BCUT2D eigenvalue weighted by molar-refractivity contribution is 6.27. The summed E-state index contributed by atoms with van der Waals surface area (Å²) in [6, 6.07) is 75.7. The molecule has 0 unspecified atom stereocenters. The maximum Gasteiger partial charge on any atom is 0.0641 e. The van der Waals surface area contributed by atoms with E-state index in [4.69, 9.17) is 0 Å². The molecule has 0 amide bonds. The summed E-state index contributed by atoms with van der Waals surface area (Å²) in [5.74, 6) is 0. The Morgan fingerprint density at radius 2 is 0.821 bits per heavy atom. The number of aromatic nitrogens is 2. The van der Waals surface area contributed by atoms with Crippen molar-refractivity contribution in [1.29, 1.82) is 0 Å². The van der Waals surface area contributed by atoms with Gasteiger partial charge in [-0.2, -0.15) is 0 Å². The predicted octanol–water partition coefficient (Wildman–Crippen LogP) is 14.7. The van der Waals surface area contributed by atoms with E-state index in [1.165, 1.54) is 98.2 Å². The van der Waals surface area contributed by atoms with Crippen LogP contribution < -0.4 is 0 Å². The smallest absolute Gasteiger partial charge is 0.0641 e. The molecular weight excluding hydrogens is 677 g/mol. The minimum absolute atomic E-state index is 1.15. The molecule has 0 spiro atoms. The highest BCUT2D eigenvalue weighted by atomic mass is 15.0. The first-order valence-electron chi connectivity index (χ1n) is 19.4. The van der Waals surface area contributed by atoms with Crippen molar-refractivity contribution in [3.8, 4) is 33.6 Å². The van der Waals surface area contributed by atoms with Crippen molar-refractivity contribution in [3.05, 3.63) is 206 Å². The second-order valence-corrected chi connectivity index (χ2v) is 14.8. The maximum atomic E-state index is 2.49. The number of benzene rings is 10. The Kier molecular flexibility index (Phi) is 6.66. The van der Waals surface area contributed by atoms with Crippen molar-refractivity contribution < 1.29 is 0 Å². The van der Waals surface area contributed by atoms with Crippen LogP contribution in [-0.2, 0) is 0 Å². The fourth-order valence-corrected chi connectivity index (χ4v) is 9.48. The van der Waals surface area contributed by atoms with E-state index in [0.717, 1.165) is 11.4 Å². The van der Waals surface area contributed by atoms with E-state index < -0.39 is 0 Å². The third-order valence-electron chi connectivity index (χ3n) is 11.9. The number of hydrogen-bond donors (Lipinski definition) is 0. The fraction of sp³-hybridized carbons (Fsp3) is 0. The molecule has 10 aromatic carbocycles. The summed E-state index contributed by atoms with van der Waals surface area (Å²) in [6.07, 6.45) is 0. The van der Waals surface area contributed by atoms with Crippen LogP contribution in [0.5, 0.6) is 0 Å². The summed E-state index contributed by atoms with van der Waals surface area (Å²) < 4.78 is 4.98. The molecule has 0 saturated heterocycles. The molecule has 0 aliphatic rings. The van der Waals surface area contributed by atoms with E-state index in [9.17, 15) is 0 Å². The van der Waals surface area contributed by atoms with E-state index in [0.29, 0.717) is 0 Å². The molecule has 0 atom stereocenters. The lowest BCUT2D eigenvalue weighted by Crippen LogP contribution is -1.98. The highest BCUT2D eigenvalue weighted by Gasteiger charge is 2.22. The van der Waals surface area contributed by atoms with Crippen LogP contribution in [-0.4, -0.2) is 9.13 Å². The van der Waals surface area contributed by atoms with Gasteiger partial charge in [-0.15, -0.1) is 0 Å². The van der Waals surface area contributed by atoms with Gasteiger partial charge < -0.3 is 9.13 Å². The van der Waals surface area contributed by atoms with Gasteiger partial charge in [0.2, 0.25) is 0 Å². The molecule has 2 aromatic heterocycles. The van der Waals surface area contributed by atoms with Gasteiger partial charge in [0.05, 0.1) is 27.8 Å². The van der Waals surface area contributed by atoms with Gasteiger partial charge in [0.25, 0.3) is 0 Å². The van der Waals surface area contributed by atoms with E-state index in [2.05, 4.69) is 215 Å². The molecule has 0 fully saturated rings. The van der Waals surface area contributed by atoms with E-state index in [-0.39, 0.29) is 0 Å². The Labute approximate surface area is 323 Å². The summed E-state index contributed by atoms with van der Waals surface area (Å²) in [5.41, 5.74) is 11.9. The fourth-order valence-electron chi connectivity index (χ4n) is 9.48. The largest absolute Gasteiger partial charge is 0.309 e. The first kappa shape index (κ1) is 31.0. The second kappa shape index (κ2) is 12.0. The Hall–Kier alpha value is -7.42. The predicted molar refractivity (Wildman–Crippen MR) is 239 cm³/mol. The van der Waals surface area contributed by atoms with Crippen LogP contribution in [0.3, 0.4) is 0 Å². The monoisotopic (exact) mass is 710 g/mol. The molecule has 0 bridgehead atoms. The van der Waals surface area contributed by atoms with Crippen LogP contribution in [0.1, 0.15) is 0 Å². The Balaban J connectivity index is 1.15. The zero-order valence-corrected chi connectivity index (χ0v) is 30.5. The molecule has 0 aliphatic heterocycles. The summed E-state index contributed by atoms with van der Waals surface area (Å²) in [5, 5.41) is 12.7. The Bertz CT molecular complexity index is 3490. The molecule has 2 heteroatoms. The SMILES string of the molecule is c1ccc(-c2cccc(-n3c4ccccc4c4ccc5c(c6ccccc6n5-c5ccccc5-c5ccc6c7ccccc7c7ccccc7c6c5)c43)c2)cc1. The molecular formula is C54H34N2. The van der Waals surface area contributed by atoms with Crippen molar-refractivity contribution >= 4 is 75.9 Å². The minimum Gasteiger partial charge on any atom is -0.309 e. The van der Waals surface area contributed by atoms with Gasteiger partial charge in [-0.3, -0.25) is 0 Å². The molecule has 2 heterocycles. The molecule has 260 valence electrons. The second-order valence-electron chi connectivity index (χ2n) is 14.8. The van der Waals surface area contributed by atoms with Gasteiger partial charge in [0.1, 0.15) is 0 Å². The molecule has 0 N–H and O–H groups in total. The van der Waals surface area contributed by atoms with Crippen molar-refractivity contribution in [1.82, 2.24) is 9.13 Å². The number of rotatable bonds is 4. The Morgan fingerprint density at radius 1 is 0.268 bits per heavy atom. The Morgan fingerprint density at radius 3 is 1.57 bits per heavy atom. The number of nitrogens with zero attached hydrogens (tertiary/aromatic N) is 2. The molecule has 12 aromatic rings. The average Bonchev–Trinajstić information content (AvgIpc) is 3.80. The average molecular weight is 711 g/mol. The van der Waals surface area contributed by atoms with Crippen molar-refractivity contribution in [3.63, 3.8) is 0 Å². The van der Waals surface area contributed by atoms with Crippen LogP contribution >= 0.6 is 0 Å². The van der Waals surface area contributed by atoms with Crippen LogP contribution in [0.2, 0.25) is 0 Å². The molecule has 0 saturated carbocycles. The molecule has 12 rings (SSSR count). The van der Waals surface area contributed by atoms with Crippen LogP contribution in [0.4, 0.5) is 0 Å². The quantitative estimate of drug-likeness (QED) is 0.161. The van der Waals surface area contributed by atoms with Gasteiger partial charge >= 0.3 is 0 Å². The van der Waals surface area contributed by atoms with Crippen molar-refractivity contribution in [2.75, 3.05) is 0 Å². The van der Waals surface area contributed by atoms with Crippen molar-refractivity contribution in [2.45, 2.75) is 0 Å². The molecule has 2 nitrogen and oxygen atoms in total. The molecule has 0 aliphatic carbocycles. The van der Waals surface area contributed by atoms with Gasteiger partial charge in [0.15, 0.2) is 0 Å².